The van der Waals surface area contributed by atoms with E-state index in [1.54, 1.807) is 0 Å². The van der Waals surface area contributed by atoms with Crippen LogP contribution in [0.25, 0.3) is 0 Å². The van der Waals surface area contributed by atoms with Crippen molar-refractivity contribution in [3.8, 4) is 5.75 Å². The van der Waals surface area contributed by atoms with Crippen LogP contribution in [-0.2, 0) is 13.2 Å². The summed E-state index contributed by atoms with van der Waals surface area (Å²) in [5, 5.41) is 0. The van der Waals surface area contributed by atoms with Gasteiger partial charge in [-0.2, -0.15) is 4.57 Å². The monoisotopic (exact) mass is 347 g/mol. The zero-order valence-corrected chi connectivity index (χ0v) is 15.1. The van der Waals surface area contributed by atoms with Crippen LogP contribution in [0.3, 0.4) is 0 Å². The summed E-state index contributed by atoms with van der Waals surface area (Å²) in [4.78, 5) is 14.8. The van der Waals surface area contributed by atoms with Gasteiger partial charge in [0.05, 0.1) is 5.56 Å². The Morgan fingerprint density at radius 1 is 0.923 bits per heavy atom. The summed E-state index contributed by atoms with van der Waals surface area (Å²) in [6.07, 6.45) is 3.83. The van der Waals surface area contributed by atoms with Crippen molar-refractivity contribution in [3.63, 3.8) is 0 Å². The fraction of sp³-hybridized carbons (Fsp3) is 0.182. The number of rotatable bonds is 7. The Morgan fingerprint density at radius 2 is 1.58 bits per heavy atom. The number of carbonyl (C=O) groups excluding carboxylic acids is 1. The van der Waals surface area contributed by atoms with Crippen LogP contribution in [0.4, 0.5) is 5.69 Å². The first-order valence-corrected chi connectivity index (χ1v) is 8.59. The maximum atomic E-state index is 12.8. The van der Waals surface area contributed by atoms with Crippen LogP contribution < -0.4 is 14.2 Å². The van der Waals surface area contributed by atoms with Gasteiger partial charge in [-0.1, -0.05) is 42.5 Å². The molecule has 1 aromatic heterocycles. The molecule has 1 heterocycles. The molecule has 0 radical (unpaired) electrons. The normalized spacial score (nSPS) is 10.4. The lowest BCUT2D eigenvalue weighted by atomic mass is 10.1. The molecule has 0 fully saturated rings. The summed E-state index contributed by atoms with van der Waals surface area (Å²) in [7, 11) is 3.98. The van der Waals surface area contributed by atoms with Gasteiger partial charge in [0.1, 0.15) is 12.4 Å². The maximum Gasteiger partial charge on any atom is 0.231 e. The van der Waals surface area contributed by atoms with Gasteiger partial charge < -0.3 is 9.64 Å². The fourth-order valence-corrected chi connectivity index (χ4v) is 2.66. The first-order valence-electron chi connectivity index (χ1n) is 8.59. The van der Waals surface area contributed by atoms with Crippen molar-refractivity contribution in [1.29, 1.82) is 0 Å². The largest absolute Gasteiger partial charge is 0.488 e. The molecule has 132 valence electrons. The van der Waals surface area contributed by atoms with Crippen LogP contribution in [-0.4, -0.2) is 19.9 Å². The molecule has 3 rings (SSSR count). The van der Waals surface area contributed by atoms with E-state index in [0.29, 0.717) is 17.9 Å². The van der Waals surface area contributed by atoms with Gasteiger partial charge in [-0.25, -0.2) is 0 Å². The molecule has 4 heteroatoms. The Kier molecular flexibility index (Phi) is 5.64. The Bertz CT molecular complexity index is 859. The standard InChI is InChI=1S/C22H23N2O2/c1-23(2)19-12-14-24(15-13-19)16-21(25)20-10-6-7-11-22(20)26-17-18-8-4-3-5-9-18/h3-15H,16-17H2,1-2H3/q+1. The number of benzene rings is 2. The van der Waals surface area contributed by atoms with Gasteiger partial charge >= 0.3 is 0 Å². The van der Waals surface area contributed by atoms with E-state index in [0.717, 1.165) is 11.3 Å². The molecule has 0 bridgehead atoms. The van der Waals surface area contributed by atoms with Gasteiger partial charge in [0.15, 0.2) is 12.4 Å². The van der Waals surface area contributed by atoms with Gasteiger partial charge in [0.25, 0.3) is 0 Å². The Morgan fingerprint density at radius 3 is 2.27 bits per heavy atom. The van der Waals surface area contributed by atoms with E-state index >= 15 is 0 Å². The van der Waals surface area contributed by atoms with E-state index in [4.69, 9.17) is 4.74 Å². The summed E-state index contributed by atoms with van der Waals surface area (Å²) in [5.74, 6) is 0.642. The predicted molar refractivity (Wildman–Crippen MR) is 103 cm³/mol. The number of aromatic nitrogens is 1. The van der Waals surface area contributed by atoms with Crippen molar-refractivity contribution in [2.24, 2.45) is 0 Å². The smallest absolute Gasteiger partial charge is 0.231 e. The van der Waals surface area contributed by atoms with E-state index in [1.165, 1.54) is 0 Å². The zero-order valence-electron chi connectivity index (χ0n) is 15.1. The van der Waals surface area contributed by atoms with Crippen LogP contribution in [0, 0.1) is 0 Å². The van der Waals surface area contributed by atoms with Gasteiger partial charge in [0, 0.05) is 31.9 Å². The minimum Gasteiger partial charge on any atom is -0.488 e. The number of para-hydroxylation sites is 1. The van der Waals surface area contributed by atoms with Crippen molar-refractivity contribution < 1.29 is 14.1 Å². The van der Waals surface area contributed by atoms with E-state index in [1.807, 2.05) is 103 Å². The fourth-order valence-electron chi connectivity index (χ4n) is 2.66. The van der Waals surface area contributed by atoms with E-state index in [-0.39, 0.29) is 12.3 Å². The molecule has 0 saturated carbocycles. The van der Waals surface area contributed by atoms with Crippen molar-refractivity contribution in [3.05, 3.63) is 90.3 Å². The summed E-state index contributed by atoms with van der Waals surface area (Å²) in [6.45, 7) is 0.717. The summed E-state index contributed by atoms with van der Waals surface area (Å²) < 4.78 is 7.77. The SMILES string of the molecule is CN(C)c1cc[n+](CC(=O)c2ccccc2OCc2ccccc2)cc1. The van der Waals surface area contributed by atoms with Crippen LogP contribution in [0.1, 0.15) is 15.9 Å². The average Bonchev–Trinajstić information content (AvgIpc) is 2.68. The molecule has 3 aromatic rings. The molecule has 26 heavy (non-hydrogen) atoms. The average molecular weight is 347 g/mol. The Balaban J connectivity index is 1.71. The van der Waals surface area contributed by atoms with E-state index in [9.17, 15) is 4.79 Å². The Labute approximate surface area is 154 Å². The molecule has 0 aliphatic carbocycles. The lowest BCUT2D eigenvalue weighted by molar-refractivity contribution is -0.683. The highest BCUT2D eigenvalue weighted by Gasteiger charge is 2.17. The molecule has 0 spiro atoms. The number of ketones is 1. The molecular formula is C22H23N2O2+. The van der Waals surface area contributed by atoms with Crippen LogP contribution in [0.2, 0.25) is 0 Å². The quantitative estimate of drug-likeness (QED) is 0.484. The number of anilines is 1. The van der Waals surface area contributed by atoms with Gasteiger partial charge in [0.2, 0.25) is 12.3 Å². The second-order valence-corrected chi connectivity index (χ2v) is 6.32. The first kappa shape index (κ1) is 17.7. The van der Waals surface area contributed by atoms with Crippen molar-refractivity contribution in [2.45, 2.75) is 13.2 Å². The second-order valence-electron chi connectivity index (χ2n) is 6.32. The highest BCUT2D eigenvalue weighted by Crippen LogP contribution is 2.20. The Hall–Kier alpha value is -3.14. The van der Waals surface area contributed by atoms with Crippen molar-refractivity contribution in [1.82, 2.24) is 0 Å². The first-order chi connectivity index (χ1) is 12.6. The number of pyridine rings is 1. The highest BCUT2D eigenvalue weighted by molar-refractivity contribution is 5.97. The number of nitrogens with zero attached hydrogens (tertiary/aromatic N) is 2. The van der Waals surface area contributed by atoms with Crippen LogP contribution in [0.5, 0.6) is 5.75 Å². The molecule has 0 unspecified atom stereocenters. The molecule has 2 aromatic carbocycles. The molecule has 4 nitrogen and oxygen atoms in total. The lowest BCUT2D eigenvalue weighted by Gasteiger charge is -2.11. The van der Waals surface area contributed by atoms with E-state index in [2.05, 4.69) is 0 Å². The molecule has 0 atom stereocenters. The summed E-state index contributed by atoms with van der Waals surface area (Å²) in [5.41, 5.74) is 2.77. The summed E-state index contributed by atoms with van der Waals surface area (Å²) in [6, 6.07) is 21.3. The zero-order chi connectivity index (χ0) is 18.4. The number of ether oxygens (including phenoxy) is 1. The lowest BCUT2D eigenvalue weighted by Crippen LogP contribution is -2.37. The topological polar surface area (TPSA) is 33.4 Å². The number of hydrogen-bond acceptors (Lipinski definition) is 3. The molecule has 0 saturated heterocycles. The number of Topliss-reactive ketones (excluding diaryl/α,β-unsaturated/α-hetero) is 1. The number of hydrogen-bond donors (Lipinski definition) is 0. The third-order valence-electron chi connectivity index (χ3n) is 4.14. The number of carbonyl (C=O) groups is 1. The summed E-state index contributed by atoms with van der Waals surface area (Å²) >= 11 is 0. The van der Waals surface area contributed by atoms with Crippen molar-refractivity contribution >= 4 is 11.5 Å². The molecule has 0 amide bonds. The van der Waals surface area contributed by atoms with Crippen LogP contribution >= 0.6 is 0 Å². The molecule has 0 aliphatic rings. The minimum absolute atomic E-state index is 0.0243. The minimum atomic E-state index is 0.0243. The van der Waals surface area contributed by atoms with Gasteiger partial charge in [-0.15, -0.1) is 0 Å². The predicted octanol–water partition coefficient (Wildman–Crippen LogP) is 3.50. The van der Waals surface area contributed by atoms with E-state index < -0.39 is 0 Å². The third kappa shape index (κ3) is 4.48. The third-order valence-corrected chi connectivity index (χ3v) is 4.14. The maximum absolute atomic E-state index is 12.8. The highest BCUT2D eigenvalue weighted by atomic mass is 16.5. The molecule has 0 N–H and O–H groups in total. The van der Waals surface area contributed by atoms with Crippen LogP contribution in [0.15, 0.2) is 79.1 Å². The van der Waals surface area contributed by atoms with Gasteiger partial charge in [-0.3, -0.25) is 4.79 Å². The molecular weight excluding hydrogens is 324 g/mol. The molecule has 0 aliphatic heterocycles. The second kappa shape index (κ2) is 8.30. The van der Waals surface area contributed by atoms with Gasteiger partial charge in [-0.05, 0) is 17.7 Å². The van der Waals surface area contributed by atoms with Crippen molar-refractivity contribution in [2.75, 3.05) is 19.0 Å².